The van der Waals surface area contributed by atoms with Gasteiger partial charge in [-0.05, 0) is 26.3 Å². The van der Waals surface area contributed by atoms with Crippen molar-refractivity contribution in [2.24, 2.45) is 4.99 Å². The number of hydrogen-bond acceptors (Lipinski definition) is 1. The van der Waals surface area contributed by atoms with Gasteiger partial charge in [0.15, 0.2) is 0 Å². The van der Waals surface area contributed by atoms with Crippen LogP contribution in [0.15, 0.2) is 29.4 Å². The molecule has 0 fully saturated rings. The van der Waals surface area contributed by atoms with Gasteiger partial charge in [-0.3, -0.25) is 4.99 Å². The van der Waals surface area contributed by atoms with Crippen LogP contribution in [-0.2, 0) is 0 Å². The summed E-state index contributed by atoms with van der Waals surface area (Å²) in [4.78, 5) is 4.24. The van der Waals surface area contributed by atoms with E-state index < -0.39 is 0 Å². The number of hydrogen-bond donors (Lipinski definition) is 0. The first-order chi connectivity index (χ1) is 5.70. The van der Waals surface area contributed by atoms with Gasteiger partial charge >= 0.3 is 0 Å². The standard InChI is InChI=1S/C9H15N.C2H6/c1-5-7-9(4)10-8(3)6-2;1-2/h6-7H,2,5H2,1,3-4H3;1-2H3/b9-7-,10-8?;. The Morgan fingerprint density at radius 2 is 1.83 bits per heavy atom. The van der Waals surface area contributed by atoms with E-state index in [1.54, 1.807) is 6.08 Å². The lowest BCUT2D eigenvalue weighted by molar-refractivity contribution is 1.15. The number of aliphatic imine (C=N–C) groups is 1. The quantitative estimate of drug-likeness (QED) is 0.564. The van der Waals surface area contributed by atoms with Gasteiger partial charge in [-0.15, -0.1) is 0 Å². The van der Waals surface area contributed by atoms with Gasteiger partial charge in [0, 0.05) is 11.4 Å². The van der Waals surface area contributed by atoms with E-state index in [1.165, 1.54) is 0 Å². The van der Waals surface area contributed by atoms with E-state index in [0.29, 0.717) is 0 Å². The van der Waals surface area contributed by atoms with Crippen molar-refractivity contribution < 1.29 is 0 Å². The zero-order chi connectivity index (χ0) is 9.98. The van der Waals surface area contributed by atoms with Gasteiger partial charge in [-0.2, -0.15) is 0 Å². The predicted molar refractivity (Wildman–Crippen MR) is 58.7 cm³/mol. The van der Waals surface area contributed by atoms with E-state index in [2.05, 4.69) is 24.6 Å². The fourth-order valence-corrected chi connectivity index (χ4v) is 0.665. The SMILES string of the molecule is C=CC(C)=N/C(C)=C\CC.CC. The normalized spacial score (nSPS) is 11.8. The van der Waals surface area contributed by atoms with E-state index >= 15 is 0 Å². The zero-order valence-electron chi connectivity index (χ0n) is 9.02. The van der Waals surface area contributed by atoms with Crippen molar-refractivity contribution in [3.8, 4) is 0 Å². The van der Waals surface area contributed by atoms with E-state index in [0.717, 1.165) is 17.8 Å². The van der Waals surface area contributed by atoms with Gasteiger partial charge in [0.05, 0.1) is 0 Å². The van der Waals surface area contributed by atoms with Crippen molar-refractivity contribution in [2.75, 3.05) is 0 Å². The lowest BCUT2D eigenvalue weighted by atomic mass is 10.3. The first-order valence-electron chi connectivity index (χ1n) is 4.55. The molecule has 0 rings (SSSR count). The summed E-state index contributed by atoms with van der Waals surface area (Å²) in [6, 6.07) is 0. The average molecular weight is 167 g/mol. The molecular formula is C11H21N. The van der Waals surface area contributed by atoms with Crippen molar-refractivity contribution in [1.29, 1.82) is 0 Å². The fraction of sp³-hybridized carbons (Fsp3) is 0.545. The van der Waals surface area contributed by atoms with Crippen molar-refractivity contribution in [1.82, 2.24) is 0 Å². The Morgan fingerprint density at radius 3 is 2.17 bits per heavy atom. The molecule has 0 amide bonds. The highest BCUT2D eigenvalue weighted by atomic mass is 14.7. The summed E-state index contributed by atoms with van der Waals surface area (Å²) in [5, 5.41) is 0. The van der Waals surface area contributed by atoms with Crippen LogP contribution >= 0.6 is 0 Å². The van der Waals surface area contributed by atoms with Gasteiger partial charge in [-0.25, -0.2) is 0 Å². The molecule has 0 heterocycles. The maximum Gasteiger partial charge on any atom is 0.0369 e. The minimum absolute atomic E-state index is 0.974. The molecule has 0 N–H and O–H groups in total. The summed E-state index contributed by atoms with van der Waals surface area (Å²) in [6.07, 6.45) is 4.89. The molecule has 0 atom stereocenters. The van der Waals surface area contributed by atoms with Crippen LogP contribution in [0.25, 0.3) is 0 Å². The minimum atomic E-state index is 0.974. The molecular weight excluding hydrogens is 146 g/mol. The highest BCUT2D eigenvalue weighted by Crippen LogP contribution is 1.97. The summed E-state index contributed by atoms with van der Waals surface area (Å²) in [5.74, 6) is 0. The number of rotatable bonds is 3. The minimum Gasteiger partial charge on any atom is -0.259 e. The summed E-state index contributed by atoms with van der Waals surface area (Å²) < 4.78 is 0. The van der Waals surface area contributed by atoms with Gasteiger partial charge in [0.1, 0.15) is 0 Å². The second-order valence-corrected chi connectivity index (χ2v) is 2.21. The third-order valence-corrected chi connectivity index (χ3v) is 1.15. The van der Waals surface area contributed by atoms with Crippen LogP contribution in [0.1, 0.15) is 41.0 Å². The second kappa shape index (κ2) is 10.2. The highest BCUT2D eigenvalue weighted by molar-refractivity contribution is 5.92. The molecule has 0 saturated heterocycles. The van der Waals surface area contributed by atoms with Crippen LogP contribution in [0.4, 0.5) is 0 Å². The summed E-state index contributed by atoms with van der Waals surface area (Å²) >= 11 is 0. The highest BCUT2D eigenvalue weighted by Gasteiger charge is 1.82. The largest absolute Gasteiger partial charge is 0.259 e. The monoisotopic (exact) mass is 167 g/mol. The molecule has 0 bridgehead atoms. The first-order valence-corrected chi connectivity index (χ1v) is 4.55. The van der Waals surface area contributed by atoms with Crippen molar-refractivity contribution in [3.05, 3.63) is 24.4 Å². The molecule has 0 aliphatic rings. The van der Waals surface area contributed by atoms with Crippen LogP contribution in [0.5, 0.6) is 0 Å². The van der Waals surface area contributed by atoms with E-state index in [4.69, 9.17) is 0 Å². The molecule has 1 heteroatoms. The molecule has 1 nitrogen and oxygen atoms in total. The van der Waals surface area contributed by atoms with Crippen molar-refractivity contribution >= 4 is 5.71 Å². The number of nitrogens with zero attached hydrogens (tertiary/aromatic N) is 1. The van der Waals surface area contributed by atoms with Crippen LogP contribution in [0, 0.1) is 0 Å². The van der Waals surface area contributed by atoms with Crippen LogP contribution in [-0.4, -0.2) is 5.71 Å². The van der Waals surface area contributed by atoms with Gasteiger partial charge < -0.3 is 0 Å². The Bertz CT molecular complexity index is 164. The molecule has 0 aliphatic carbocycles. The fourth-order valence-electron chi connectivity index (χ4n) is 0.665. The Balaban J connectivity index is 0. The molecule has 0 aromatic carbocycles. The third-order valence-electron chi connectivity index (χ3n) is 1.15. The molecule has 0 unspecified atom stereocenters. The average Bonchev–Trinajstić information content (AvgIpc) is 2.08. The van der Waals surface area contributed by atoms with Crippen LogP contribution in [0.3, 0.4) is 0 Å². The Kier molecular flexibility index (Phi) is 11.6. The van der Waals surface area contributed by atoms with Crippen LogP contribution < -0.4 is 0 Å². The first kappa shape index (κ1) is 13.7. The number of allylic oxidation sites excluding steroid dienone is 3. The lowest BCUT2D eigenvalue weighted by Gasteiger charge is -1.92. The summed E-state index contributed by atoms with van der Waals surface area (Å²) in [7, 11) is 0. The molecule has 12 heavy (non-hydrogen) atoms. The predicted octanol–water partition coefficient (Wildman–Crippen LogP) is 3.97. The molecule has 0 radical (unpaired) electrons. The zero-order valence-corrected chi connectivity index (χ0v) is 9.02. The molecule has 0 saturated carbocycles. The van der Waals surface area contributed by atoms with E-state index in [9.17, 15) is 0 Å². The van der Waals surface area contributed by atoms with Gasteiger partial charge in [0.2, 0.25) is 0 Å². The van der Waals surface area contributed by atoms with Gasteiger partial charge in [-0.1, -0.05) is 33.4 Å². The maximum atomic E-state index is 4.24. The van der Waals surface area contributed by atoms with Crippen molar-refractivity contribution in [2.45, 2.75) is 41.0 Å². The van der Waals surface area contributed by atoms with Crippen LogP contribution in [0.2, 0.25) is 0 Å². The van der Waals surface area contributed by atoms with Crippen molar-refractivity contribution in [3.63, 3.8) is 0 Å². The van der Waals surface area contributed by atoms with E-state index in [1.807, 2.05) is 27.7 Å². The molecule has 70 valence electrons. The Hall–Kier alpha value is -0.850. The summed E-state index contributed by atoms with van der Waals surface area (Å²) in [6.45, 7) is 13.7. The third kappa shape index (κ3) is 9.15. The Labute approximate surface area is 76.9 Å². The molecule has 0 aromatic heterocycles. The van der Waals surface area contributed by atoms with Gasteiger partial charge in [0.25, 0.3) is 0 Å². The molecule has 0 spiro atoms. The maximum absolute atomic E-state index is 4.24. The van der Waals surface area contributed by atoms with E-state index in [-0.39, 0.29) is 0 Å². The lowest BCUT2D eigenvalue weighted by Crippen LogP contribution is -1.82. The topological polar surface area (TPSA) is 12.4 Å². The molecule has 0 aliphatic heterocycles. The smallest absolute Gasteiger partial charge is 0.0369 e. The Morgan fingerprint density at radius 1 is 1.33 bits per heavy atom. The summed E-state index contributed by atoms with van der Waals surface area (Å²) in [5.41, 5.74) is 2.04. The second-order valence-electron chi connectivity index (χ2n) is 2.21. The molecule has 0 aromatic rings.